The average molecular weight is 402 g/mol. The minimum Gasteiger partial charge on any atom is -0.462 e. The van der Waals surface area contributed by atoms with E-state index in [1.165, 1.54) is 29.1 Å². The standard InChI is InChI=1S/C20H17F3N4O2/c1-11-16(19(28)29-10-12-6-7-12)17(27-18(26-11)13(8-24)9-25-27)14-4-2-3-5-15(14)20(21,22)23/h2-5,9,12,17,26H,6-7,10H2,1H3. The number of hydrogen-bond acceptors (Lipinski definition) is 5. The summed E-state index contributed by atoms with van der Waals surface area (Å²) in [5.41, 5.74) is -0.454. The first-order chi connectivity index (χ1) is 13.8. The van der Waals surface area contributed by atoms with Crippen LogP contribution in [0.25, 0.3) is 0 Å². The summed E-state index contributed by atoms with van der Waals surface area (Å²) in [5, 5.41) is 16.3. The molecule has 1 fully saturated rings. The highest BCUT2D eigenvalue weighted by Gasteiger charge is 2.41. The van der Waals surface area contributed by atoms with Gasteiger partial charge in [0.05, 0.1) is 23.9 Å². The fourth-order valence-electron chi connectivity index (χ4n) is 3.44. The molecular weight excluding hydrogens is 385 g/mol. The predicted molar refractivity (Wildman–Crippen MR) is 96.5 cm³/mol. The van der Waals surface area contributed by atoms with Crippen molar-refractivity contribution in [3.63, 3.8) is 0 Å². The zero-order chi connectivity index (χ0) is 20.8. The third-order valence-corrected chi connectivity index (χ3v) is 5.07. The number of aromatic nitrogens is 2. The molecule has 6 nitrogen and oxygen atoms in total. The van der Waals surface area contributed by atoms with Crippen molar-refractivity contribution in [2.75, 3.05) is 11.9 Å². The number of ether oxygens (including phenoxy) is 1. The first-order valence-corrected chi connectivity index (χ1v) is 9.10. The Kier molecular flexibility index (Phi) is 4.57. The van der Waals surface area contributed by atoms with Crippen LogP contribution < -0.4 is 5.32 Å². The molecule has 29 heavy (non-hydrogen) atoms. The summed E-state index contributed by atoms with van der Waals surface area (Å²) in [5.74, 6) is -0.142. The van der Waals surface area contributed by atoms with Crippen molar-refractivity contribution in [1.29, 1.82) is 5.26 Å². The molecule has 0 saturated heterocycles. The van der Waals surface area contributed by atoms with Crippen LogP contribution in [0.4, 0.5) is 19.0 Å². The zero-order valence-corrected chi connectivity index (χ0v) is 15.5. The van der Waals surface area contributed by atoms with Gasteiger partial charge < -0.3 is 10.1 Å². The number of nitrogens with one attached hydrogen (secondary N) is 1. The molecule has 0 bridgehead atoms. The van der Waals surface area contributed by atoms with E-state index in [2.05, 4.69) is 10.4 Å². The van der Waals surface area contributed by atoms with Crippen LogP contribution in [0.3, 0.4) is 0 Å². The summed E-state index contributed by atoms with van der Waals surface area (Å²) in [6.45, 7) is 1.81. The lowest BCUT2D eigenvalue weighted by Crippen LogP contribution is -2.31. The summed E-state index contributed by atoms with van der Waals surface area (Å²) >= 11 is 0. The third kappa shape index (κ3) is 3.46. The second-order valence-corrected chi connectivity index (χ2v) is 7.16. The molecule has 1 aliphatic carbocycles. The van der Waals surface area contributed by atoms with Gasteiger partial charge in [-0.15, -0.1) is 0 Å². The summed E-state index contributed by atoms with van der Waals surface area (Å²) in [6.07, 6.45) is -1.42. The van der Waals surface area contributed by atoms with E-state index < -0.39 is 23.8 Å². The maximum absolute atomic E-state index is 13.7. The van der Waals surface area contributed by atoms with Crippen LogP contribution in [0, 0.1) is 17.2 Å². The monoisotopic (exact) mass is 402 g/mol. The molecule has 1 aliphatic heterocycles. The van der Waals surface area contributed by atoms with E-state index in [-0.39, 0.29) is 29.1 Å². The Bertz CT molecular complexity index is 1040. The molecule has 1 aromatic carbocycles. The number of halogens is 3. The molecule has 150 valence electrons. The van der Waals surface area contributed by atoms with Gasteiger partial charge in [-0.1, -0.05) is 18.2 Å². The largest absolute Gasteiger partial charge is 0.462 e. The Morgan fingerprint density at radius 2 is 2.10 bits per heavy atom. The number of carbonyl (C=O) groups is 1. The molecule has 2 aromatic rings. The Morgan fingerprint density at radius 1 is 1.38 bits per heavy atom. The van der Waals surface area contributed by atoms with Gasteiger partial charge >= 0.3 is 12.1 Å². The van der Waals surface area contributed by atoms with Crippen molar-refractivity contribution in [2.45, 2.75) is 32.0 Å². The Hall–Kier alpha value is -3.28. The summed E-state index contributed by atoms with van der Waals surface area (Å²) in [7, 11) is 0. The number of benzene rings is 1. The van der Waals surface area contributed by atoms with Crippen LogP contribution in [0.15, 0.2) is 41.7 Å². The fraction of sp³-hybridized carbons (Fsp3) is 0.350. The Labute approximate surface area is 164 Å². The molecule has 1 atom stereocenters. The molecule has 1 N–H and O–H groups in total. The fourth-order valence-corrected chi connectivity index (χ4v) is 3.44. The van der Waals surface area contributed by atoms with E-state index in [1.54, 1.807) is 6.92 Å². The van der Waals surface area contributed by atoms with Crippen molar-refractivity contribution in [2.24, 2.45) is 5.92 Å². The van der Waals surface area contributed by atoms with Crippen LogP contribution in [-0.4, -0.2) is 22.4 Å². The van der Waals surface area contributed by atoms with Crippen LogP contribution in [0.5, 0.6) is 0 Å². The number of hydrogen-bond donors (Lipinski definition) is 1. The second kappa shape index (κ2) is 6.95. The van der Waals surface area contributed by atoms with Crippen molar-refractivity contribution < 1.29 is 22.7 Å². The topological polar surface area (TPSA) is 79.9 Å². The van der Waals surface area contributed by atoms with E-state index in [0.717, 1.165) is 18.9 Å². The van der Waals surface area contributed by atoms with Gasteiger partial charge in [-0.3, -0.25) is 0 Å². The number of esters is 1. The van der Waals surface area contributed by atoms with Crippen LogP contribution in [-0.2, 0) is 15.7 Å². The first kappa shape index (κ1) is 19.1. The van der Waals surface area contributed by atoms with Gasteiger partial charge in [-0.05, 0) is 37.3 Å². The molecule has 0 spiro atoms. The van der Waals surface area contributed by atoms with Crippen LogP contribution in [0.2, 0.25) is 0 Å². The lowest BCUT2D eigenvalue weighted by atomic mass is 9.91. The van der Waals surface area contributed by atoms with Gasteiger partial charge in [-0.2, -0.15) is 23.5 Å². The maximum atomic E-state index is 13.7. The first-order valence-electron chi connectivity index (χ1n) is 9.10. The van der Waals surface area contributed by atoms with Crippen molar-refractivity contribution in [3.8, 4) is 6.07 Å². The molecule has 9 heteroatoms. The number of nitriles is 1. The van der Waals surface area contributed by atoms with E-state index in [1.807, 2.05) is 6.07 Å². The molecule has 1 aromatic heterocycles. The number of fused-ring (bicyclic) bond motifs is 1. The Morgan fingerprint density at radius 3 is 2.76 bits per heavy atom. The Balaban J connectivity index is 1.86. The van der Waals surface area contributed by atoms with E-state index in [4.69, 9.17) is 4.74 Å². The highest BCUT2D eigenvalue weighted by atomic mass is 19.4. The van der Waals surface area contributed by atoms with E-state index in [0.29, 0.717) is 11.6 Å². The molecular formula is C20H17F3N4O2. The number of carbonyl (C=O) groups excluding carboxylic acids is 1. The van der Waals surface area contributed by atoms with Gasteiger partial charge in [0.1, 0.15) is 23.5 Å². The summed E-state index contributed by atoms with van der Waals surface area (Å²) in [4.78, 5) is 12.9. The smallest absolute Gasteiger partial charge is 0.416 e. The molecule has 1 unspecified atom stereocenters. The van der Waals surface area contributed by atoms with Gasteiger partial charge in [-0.25, -0.2) is 9.48 Å². The molecule has 4 rings (SSSR count). The van der Waals surface area contributed by atoms with Crippen LogP contribution >= 0.6 is 0 Å². The lowest BCUT2D eigenvalue weighted by molar-refractivity contribution is -0.141. The third-order valence-electron chi connectivity index (χ3n) is 5.07. The number of nitrogens with zero attached hydrogens (tertiary/aromatic N) is 3. The summed E-state index contributed by atoms with van der Waals surface area (Å²) in [6, 6.07) is 5.84. The SMILES string of the molecule is CC1=C(C(=O)OCC2CC2)C(c2ccccc2C(F)(F)F)n2ncc(C#N)c2N1. The number of allylic oxidation sites excluding steroid dienone is 1. The van der Waals surface area contributed by atoms with E-state index >= 15 is 0 Å². The predicted octanol–water partition coefficient (Wildman–Crippen LogP) is 4.02. The average Bonchev–Trinajstić information content (AvgIpc) is 3.43. The number of rotatable bonds is 4. The second-order valence-electron chi connectivity index (χ2n) is 7.16. The zero-order valence-electron chi connectivity index (χ0n) is 15.5. The molecule has 1 saturated carbocycles. The van der Waals surface area contributed by atoms with E-state index in [9.17, 15) is 23.2 Å². The van der Waals surface area contributed by atoms with Crippen molar-refractivity contribution >= 4 is 11.8 Å². The highest BCUT2D eigenvalue weighted by molar-refractivity contribution is 5.93. The minimum absolute atomic E-state index is 0.0439. The van der Waals surface area contributed by atoms with Crippen molar-refractivity contribution in [1.82, 2.24) is 9.78 Å². The van der Waals surface area contributed by atoms with Gasteiger partial charge in [0, 0.05) is 5.70 Å². The molecule has 2 aliphatic rings. The highest BCUT2D eigenvalue weighted by Crippen LogP contribution is 2.43. The molecule has 0 amide bonds. The maximum Gasteiger partial charge on any atom is 0.416 e. The minimum atomic E-state index is -4.62. The normalized spacial score (nSPS) is 18.7. The molecule has 0 radical (unpaired) electrons. The quantitative estimate of drug-likeness (QED) is 0.782. The van der Waals surface area contributed by atoms with Gasteiger partial charge in [0.2, 0.25) is 0 Å². The number of alkyl halides is 3. The molecule has 2 heterocycles. The lowest BCUT2D eigenvalue weighted by Gasteiger charge is -2.30. The van der Waals surface area contributed by atoms with Gasteiger partial charge in [0.15, 0.2) is 0 Å². The van der Waals surface area contributed by atoms with Gasteiger partial charge in [0.25, 0.3) is 0 Å². The number of anilines is 1. The van der Waals surface area contributed by atoms with Crippen LogP contribution in [0.1, 0.15) is 42.5 Å². The summed E-state index contributed by atoms with van der Waals surface area (Å²) < 4.78 is 47.7. The van der Waals surface area contributed by atoms with Crippen molar-refractivity contribution in [3.05, 3.63) is 58.4 Å².